The van der Waals surface area contributed by atoms with Crippen molar-refractivity contribution < 1.29 is 18.0 Å². The third kappa shape index (κ3) is 9.16. The van der Waals surface area contributed by atoms with Crippen LogP contribution in [-0.4, -0.2) is 42.5 Å². The van der Waals surface area contributed by atoms with Gasteiger partial charge in [0.05, 0.1) is 4.90 Å². The number of nitrogens with zero attached hydrogens (tertiary/aromatic N) is 1. The van der Waals surface area contributed by atoms with Gasteiger partial charge in [-0.3, -0.25) is 4.79 Å². The molecule has 0 saturated heterocycles. The van der Waals surface area contributed by atoms with Crippen molar-refractivity contribution in [3.05, 3.63) is 54.6 Å². The molecular weight excluding hydrogens is 426 g/mol. The van der Waals surface area contributed by atoms with Crippen LogP contribution >= 0.6 is 23.5 Å². The van der Waals surface area contributed by atoms with Gasteiger partial charge in [0.1, 0.15) is 5.78 Å². The molecule has 0 amide bonds. The quantitative estimate of drug-likeness (QED) is 0.604. The normalized spacial score (nSPS) is 12.1. The first-order valence-corrected chi connectivity index (χ1v) is 12.2. The molecular formula is C21H27NO4S3. The summed E-state index contributed by atoms with van der Waals surface area (Å²) in [6.45, 7) is 6.34. The second-order valence-electron chi connectivity index (χ2n) is 6.47. The van der Waals surface area contributed by atoms with E-state index >= 15 is 0 Å². The Hall–Kier alpha value is -1.61. The van der Waals surface area contributed by atoms with Gasteiger partial charge in [0.25, 0.3) is 0 Å². The van der Waals surface area contributed by atoms with Crippen molar-refractivity contribution in [1.82, 2.24) is 4.31 Å². The Balaban J connectivity index is 0.000000960. The maximum atomic E-state index is 12.7. The predicted octanol–water partition coefficient (Wildman–Crippen LogP) is 4.72. The van der Waals surface area contributed by atoms with Crippen molar-refractivity contribution in [2.24, 2.45) is 0 Å². The van der Waals surface area contributed by atoms with Gasteiger partial charge in [-0.2, -0.15) is 4.31 Å². The molecule has 0 aromatic heterocycles. The van der Waals surface area contributed by atoms with Crippen LogP contribution in [0.25, 0.3) is 0 Å². The molecule has 0 bridgehead atoms. The van der Waals surface area contributed by atoms with E-state index in [4.69, 9.17) is 0 Å². The second-order valence-corrected chi connectivity index (χ2v) is 10.8. The average molecular weight is 454 g/mol. The summed E-state index contributed by atoms with van der Waals surface area (Å²) >= 11 is 2.72. The highest BCUT2D eigenvalue weighted by molar-refractivity contribution is 8.13. The third-order valence-corrected chi connectivity index (χ3v) is 7.69. The van der Waals surface area contributed by atoms with Crippen LogP contribution in [0.5, 0.6) is 0 Å². The Labute approximate surface area is 182 Å². The number of hydrogen-bond acceptors (Lipinski definition) is 6. The molecule has 5 nitrogen and oxygen atoms in total. The first-order chi connectivity index (χ1) is 13.5. The molecule has 2 rings (SSSR count). The number of benzene rings is 2. The maximum absolute atomic E-state index is 12.7. The molecule has 0 radical (unpaired) electrons. The fourth-order valence-corrected chi connectivity index (χ4v) is 5.04. The summed E-state index contributed by atoms with van der Waals surface area (Å²) in [6, 6.07) is 16.5. The number of Topliss-reactive ketones (excluding diaryl/α,β-unsaturated/α-hetero) is 1. The summed E-state index contributed by atoms with van der Waals surface area (Å²) < 4.78 is 26.7. The SMILES string of the molecule is CC(=O)SC[C@H](C)N(C)S(=O)(=O)c1ccc(Sc2ccccc2)cc1.CC(C)=O. The predicted molar refractivity (Wildman–Crippen MR) is 121 cm³/mol. The van der Waals surface area contributed by atoms with Crippen LogP contribution in [0.1, 0.15) is 27.7 Å². The lowest BCUT2D eigenvalue weighted by molar-refractivity contribution is -0.115. The minimum atomic E-state index is -3.58. The topological polar surface area (TPSA) is 71.5 Å². The summed E-state index contributed by atoms with van der Waals surface area (Å²) in [5, 5.41) is -0.0139. The minimum Gasteiger partial charge on any atom is -0.300 e. The third-order valence-electron chi connectivity index (χ3n) is 3.63. The van der Waals surface area contributed by atoms with Crippen molar-refractivity contribution in [2.45, 2.75) is 48.4 Å². The average Bonchev–Trinajstić information content (AvgIpc) is 2.66. The molecule has 158 valence electrons. The molecule has 0 saturated carbocycles. The first-order valence-electron chi connectivity index (χ1n) is 8.95. The number of carbonyl (C=O) groups is 2. The zero-order chi connectivity index (χ0) is 22.0. The fraction of sp³-hybridized carbons (Fsp3) is 0.333. The molecule has 0 fully saturated rings. The van der Waals surface area contributed by atoms with E-state index in [-0.39, 0.29) is 21.8 Å². The smallest absolute Gasteiger partial charge is 0.243 e. The monoisotopic (exact) mass is 453 g/mol. The molecule has 0 N–H and O–H groups in total. The molecule has 0 heterocycles. The second kappa shape index (κ2) is 12.2. The van der Waals surface area contributed by atoms with Crippen LogP contribution in [0.2, 0.25) is 0 Å². The largest absolute Gasteiger partial charge is 0.300 e. The molecule has 0 spiro atoms. The molecule has 1 atom stereocenters. The number of sulfonamides is 1. The van der Waals surface area contributed by atoms with Gasteiger partial charge in [-0.1, -0.05) is 41.7 Å². The molecule has 0 aliphatic carbocycles. The lowest BCUT2D eigenvalue weighted by atomic mass is 10.4. The van der Waals surface area contributed by atoms with E-state index in [0.29, 0.717) is 5.75 Å². The van der Waals surface area contributed by atoms with Crippen LogP contribution in [-0.2, 0) is 19.6 Å². The number of ketones is 1. The zero-order valence-electron chi connectivity index (χ0n) is 17.3. The number of rotatable bonds is 7. The van der Waals surface area contributed by atoms with Crippen LogP contribution in [0.15, 0.2) is 69.3 Å². The van der Waals surface area contributed by atoms with Gasteiger partial charge in [-0.25, -0.2) is 8.42 Å². The minimum absolute atomic E-state index is 0.0139. The number of thioether (sulfide) groups is 1. The molecule has 0 aliphatic heterocycles. The van der Waals surface area contributed by atoms with E-state index in [1.54, 1.807) is 37.9 Å². The van der Waals surface area contributed by atoms with Crippen molar-refractivity contribution >= 4 is 44.4 Å². The molecule has 0 unspecified atom stereocenters. The van der Waals surface area contributed by atoms with Gasteiger partial charge in [-0.05, 0) is 57.2 Å². The van der Waals surface area contributed by atoms with Crippen LogP contribution in [0.4, 0.5) is 0 Å². The lowest BCUT2D eigenvalue weighted by Crippen LogP contribution is -2.36. The Morgan fingerprint density at radius 2 is 1.41 bits per heavy atom. The Morgan fingerprint density at radius 3 is 1.90 bits per heavy atom. The van der Waals surface area contributed by atoms with Gasteiger partial charge >= 0.3 is 0 Å². The fourth-order valence-electron chi connectivity index (χ4n) is 2.05. The van der Waals surface area contributed by atoms with Crippen molar-refractivity contribution in [3.63, 3.8) is 0 Å². The van der Waals surface area contributed by atoms with Gasteiger partial charge < -0.3 is 4.79 Å². The summed E-state index contributed by atoms with van der Waals surface area (Å²) in [4.78, 5) is 22.9. The van der Waals surface area contributed by atoms with E-state index in [1.165, 1.54) is 25.1 Å². The number of hydrogen-bond donors (Lipinski definition) is 0. The number of carbonyl (C=O) groups excluding carboxylic acids is 2. The maximum Gasteiger partial charge on any atom is 0.243 e. The molecule has 29 heavy (non-hydrogen) atoms. The van der Waals surface area contributed by atoms with E-state index in [1.807, 2.05) is 42.5 Å². The van der Waals surface area contributed by atoms with Crippen molar-refractivity contribution in [1.29, 1.82) is 0 Å². The van der Waals surface area contributed by atoms with E-state index in [2.05, 4.69) is 0 Å². The van der Waals surface area contributed by atoms with E-state index in [9.17, 15) is 18.0 Å². The zero-order valence-corrected chi connectivity index (χ0v) is 19.7. The molecule has 2 aromatic carbocycles. The summed E-state index contributed by atoms with van der Waals surface area (Å²) in [5.41, 5.74) is 0. The Morgan fingerprint density at radius 1 is 0.931 bits per heavy atom. The van der Waals surface area contributed by atoms with Gasteiger partial charge in [0, 0.05) is 35.6 Å². The Kier molecular flexibility index (Phi) is 10.7. The molecule has 8 heteroatoms. The highest BCUT2D eigenvalue weighted by atomic mass is 32.2. The summed E-state index contributed by atoms with van der Waals surface area (Å²) in [5.74, 6) is 0.604. The molecule has 2 aromatic rings. The van der Waals surface area contributed by atoms with E-state index in [0.717, 1.165) is 21.6 Å². The van der Waals surface area contributed by atoms with Gasteiger partial charge in [-0.15, -0.1) is 0 Å². The van der Waals surface area contributed by atoms with Crippen LogP contribution in [0, 0.1) is 0 Å². The molecule has 0 aliphatic rings. The summed E-state index contributed by atoms with van der Waals surface area (Å²) in [6.07, 6.45) is 0. The van der Waals surface area contributed by atoms with Gasteiger partial charge in [0.15, 0.2) is 5.12 Å². The Bertz CT molecular complexity index is 893. The van der Waals surface area contributed by atoms with Crippen molar-refractivity contribution in [2.75, 3.05) is 12.8 Å². The highest BCUT2D eigenvalue weighted by Crippen LogP contribution is 2.29. The standard InChI is InChI=1S/C18H21NO3S3.C3H6O/c1-14(13-23-15(2)20)19(3)25(21,22)18-11-9-17(10-12-18)24-16-7-5-4-6-8-16;1-3(2)4/h4-12,14H,13H2,1-3H3;1-2H3/t14-;/m0./s1. The van der Waals surface area contributed by atoms with Crippen molar-refractivity contribution in [3.8, 4) is 0 Å². The van der Waals surface area contributed by atoms with Gasteiger partial charge in [0.2, 0.25) is 10.0 Å². The highest BCUT2D eigenvalue weighted by Gasteiger charge is 2.25. The lowest BCUT2D eigenvalue weighted by Gasteiger charge is -2.23. The van der Waals surface area contributed by atoms with Crippen LogP contribution < -0.4 is 0 Å². The first kappa shape index (κ1) is 25.4. The van der Waals surface area contributed by atoms with Crippen LogP contribution in [0.3, 0.4) is 0 Å². The van der Waals surface area contributed by atoms with E-state index < -0.39 is 10.0 Å². The summed E-state index contributed by atoms with van der Waals surface area (Å²) in [7, 11) is -2.03.